The van der Waals surface area contributed by atoms with Gasteiger partial charge >= 0.3 is 6.18 Å². The molecule has 0 aliphatic rings. The fourth-order valence-corrected chi connectivity index (χ4v) is 1.08. The van der Waals surface area contributed by atoms with Gasteiger partial charge in [-0.05, 0) is 12.1 Å². The number of nitrogens with one attached hydrogen (secondary N) is 1. The molecule has 0 fully saturated rings. The molecule has 0 aliphatic heterocycles. The fraction of sp³-hybridized carbons (Fsp3) is 0.333. The molecule has 0 amide bonds. The van der Waals surface area contributed by atoms with Gasteiger partial charge in [-0.2, -0.15) is 13.2 Å². The molecule has 0 aromatic heterocycles. The minimum absolute atomic E-state index is 0.193. The molecule has 17 heavy (non-hydrogen) atoms. The van der Waals surface area contributed by atoms with E-state index in [0.717, 1.165) is 12.1 Å². The summed E-state index contributed by atoms with van der Waals surface area (Å²) in [4.78, 5) is 0. The number of alkyl halides is 3. The maximum Gasteiger partial charge on any atom is 0.416 e. The number of hydrogen-bond acceptors (Lipinski definition) is 3. The lowest BCUT2D eigenvalue weighted by molar-refractivity contribution is -0.198. The molecule has 3 nitrogen and oxygen atoms in total. The van der Waals surface area contributed by atoms with Crippen LogP contribution in [0.3, 0.4) is 0 Å². The molecule has 0 saturated carbocycles. The largest absolute Gasteiger partial charge is 0.416 e. The van der Waals surface area contributed by atoms with Crippen LogP contribution < -0.4 is 11.1 Å². The highest BCUT2D eigenvalue weighted by Gasteiger charge is 2.38. The molecule has 4 N–H and O–H groups in total. The maximum absolute atomic E-state index is 13.1. The van der Waals surface area contributed by atoms with Crippen molar-refractivity contribution in [3.8, 4) is 0 Å². The van der Waals surface area contributed by atoms with E-state index in [1.54, 1.807) is 0 Å². The van der Waals surface area contributed by atoms with E-state index in [1.807, 2.05) is 5.32 Å². The predicted molar refractivity (Wildman–Crippen MR) is 51.3 cm³/mol. The van der Waals surface area contributed by atoms with Gasteiger partial charge in [-0.3, -0.25) is 0 Å². The third-order valence-electron chi connectivity index (χ3n) is 1.91. The zero-order valence-corrected chi connectivity index (χ0v) is 8.35. The normalized spacial score (nSPS) is 13.5. The highest BCUT2D eigenvalue weighted by atomic mass is 19.4. The zero-order valence-electron chi connectivity index (χ0n) is 8.35. The molecule has 1 aromatic rings. The van der Waals surface area contributed by atoms with Gasteiger partial charge in [0.2, 0.25) is 0 Å². The molecule has 0 bridgehead atoms. The SMILES string of the molecule is Nc1cc(F)c(NCC(O)C(F)(F)F)c(F)c1. The van der Waals surface area contributed by atoms with Gasteiger partial charge in [-0.25, -0.2) is 8.78 Å². The van der Waals surface area contributed by atoms with Crippen molar-refractivity contribution in [3.05, 3.63) is 23.8 Å². The Morgan fingerprint density at radius 2 is 1.71 bits per heavy atom. The second-order valence-electron chi connectivity index (χ2n) is 3.30. The molecule has 0 spiro atoms. The van der Waals surface area contributed by atoms with E-state index < -0.39 is 36.1 Å². The summed E-state index contributed by atoms with van der Waals surface area (Å²) in [5.74, 6) is -2.26. The first-order valence-corrected chi connectivity index (χ1v) is 4.45. The van der Waals surface area contributed by atoms with E-state index in [4.69, 9.17) is 10.8 Å². The van der Waals surface area contributed by atoms with Crippen molar-refractivity contribution >= 4 is 11.4 Å². The summed E-state index contributed by atoms with van der Waals surface area (Å²) in [6.07, 6.45) is -7.56. The van der Waals surface area contributed by atoms with Crippen molar-refractivity contribution in [2.75, 3.05) is 17.6 Å². The highest BCUT2D eigenvalue weighted by Crippen LogP contribution is 2.24. The van der Waals surface area contributed by atoms with Crippen molar-refractivity contribution in [2.45, 2.75) is 12.3 Å². The summed E-state index contributed by atoms with van der Waals surface area (Å²) in [5, 5.41) is 10.5. The number of rotatable bonds is 3. The Kier molecular flexibility index (Phi) is 3.76. The molecule has 0 heterocycles. The lowest BCUT2D eigenvalue weighted by Gasteiger charge is -2.16. The molecule has 1 unspecified atom stereocenters. The first-order chi connectivity index (χ1) is 7.71. The second-order valence-corrected chi connectivity index (χ2v) is 3.30. The zero-order chi connectivity index (χ0) is 13.2. The van der Waals surface area contributed by atoms with Crippen LogP contribution in [-0.2, 0) is 0 Å². The summed E-state index contributed by atoms with van der Waals surface area (Å²) >= 11 is 0. The van der Waals surface area contributed by atoms with Crippen molar-refractivity contribution in [2.24, 2.45) is 0 Å². The number of benzene rings is 1. The van der Waals surface area contributed by atoms with Gasteiger partial charge in [0.1, 0.15) is 5.69 Å². The van der Waals surface area contributed by atoms with E-state index in [0.29, 0.717) is 0 Å². The van der Waals surface area contributed by atoms with Crippen LogP contribution in [0.15, 0.2) is 12.1 Å². The summed E-state index contributed by atoms with van der Waals surface area (Å²) in [6.45, 7) is -1.05. The number of aliphatic hydroxyl groups excluding tert-OH is 1. The van der Waals surface area contributed by atoms with Crippen LogP contribution in [0.2, 0.25) is 0 Å². The summed E-state index contributed by atoms with van der Waals surface area (Å²) in [7, 11) is 0. The van der Waals surface area contributed by atoms with E-state index in [2.05, 4.69) is 0 Å². The molecule has 0 saturated heterocycles. The number of nitrogen functional groups attached to an aromatic ring is 1. The Labute approximate surface area is 93.0 Å². The average Bonchev–Trinajstić information content (AvgIpc) is 2.13. The molecule has 0 radical (unpaired) electrons. The van der Waals surface area contributed by atoms with Crippen molar-refractivity contribution < 1.29 is 27.1 Å². The third-order valence-corrected chi connectivity index (χ3v) is 1.91. The molecule has 1 rings (SSSR count). The van der Waals surface area contributed by atoms with Gasteiger partial charge in [0.05, 0.1) is 0 Å². The summed E-state index contributed by atoms with van der Waals surface area (Å²) in [6, 6.07) is 1.51. The van der Waals surface area contributed by atoms with Gasteiger partial charge in [-0.15, -0.1) is 0 Å². The molecular formula is C9H9F5N2O. The Morgan fingerprint density at radius 3 is 2.12 bits per heavy atom. The lowest BCUT2D eigenvalue weighted by Crippen LogP contribution is -2.35. The smallest absolute Gasteiger partial charge is 0.399 e. The van der Waals surface area contributed by atoms with Crippen LogP contribution in [0.25, 0.3) is 0 Å². The summed E-state index contributed by atoms with van der Waals surface area (Å²) < 4.78 is 62.0. The molecule has 1 aromatic carbocycles. The lowest BCUT2D eigenvalue weighted by atomic mass is 10.2. The van der Waals surface area contributed by atoms with Gasteiger partial charge in [0, 0.05) is 12.2 Å². The minimum atomic E-state index is -4.85. The first kappa shape index (κ1) is 13.5. The Balaban J connectivity index is 2.77. The van der Waals surface area contributed by atoms with Crippen LogP contribution in [0, 0.1) is 11.6 Å². The predicted octanol–water partition coefficient (Wildman–Crippen LogP) is 1.88. The number of nitrogens with two attached hydrogens (primary N) is 1. The van der Waals surface area contributed by atoms with Crippen LogP contribution in [-0.4, -0.2) is 23.9 Å². The average molecular weight is 256 g/mol. The van der Waals surface area contributed by atoms with Crippen LogP contribution in [0.1, 0.15) is 0 Å². The Bertz CT molecular complexity index is 384. The van der Waals surface area contributed by atoms with Crippen LogP contribution >= 0.6 is 0 Å². The number of halogens is 5. The first-order valence-electron chi connectivity index (χ1n) is 4.45. The van der Waals surface area contributed by atoms with Gasteiger partial charge in [0.15, 0.2) is 17.7 Å². The topological polar surface area (TPSA) is 58.3 Å². The van der Waals surface area contributed by atoms with Crippen molar-refractivity contribution in [3.63, 3.8) is 0 Å². The van der Waals surface area contributed by atoms with E-state index in [9.17, 15) is 22.0 Å². The molecule has 96 valence electrons. The third kappa shape index (κ3) is 3.45. The molecule has 0 aliphatic carbocycles. The quantitative estimate of drug-likeness (QED) is 0.571. The van der Waals surface area contributed by atoms with Crippen LogP contribution in [0.5, 0.6) is 0 Å². The minimum Gasteiger partial charge on any atom is -0.399 e. The Hall–Kier alpha value is -1.57. The number of anilines is 2. The molecular weight excluding hydrogens is 247 g/mol. The van der Waals surface area contributed by atoms with Gasteiger partial charge in [-0.1, -0.05) is 0 Å². The van der Waals surface area contributed by atoms with E-state index >= 15 is 0 Å². The molecule has 1 atom stereocenters. The van der Waals surface area contributed by atoms with Gasteiger partial charge in [0.25, 0.3) is 0 Å². The fourth-order valence-electron chi connectivity index (χ4n) is 1.08. The summed E-state index contributed by atoms with van der Waals surface area (Å²) in [5.41, 5.74) is 4.16. The maximum atomic E-state index is 13.1. The highest BCUT2D eigenvalue weighted by molar-refractivity contribution is 5.54. The second kappa shape index (κ2) is 4.74. The number of hydrogen-bond donors (Lipinski definition) is 3. The van der Waals surface area contributed by atoms with E-state index in [1.165, 1.54) is 0 Å². The Morgan fingerprint density at radius 1 is 1.24 bits per heavy atom. The monoisotopic (exact) mass is 256 g/mol. The molecule has 8 heteroatoms. The van der Waals surface area contributed by atoms with Gasteiger partial charge < -0.3 is 16.2 Å². The standard InChI is InChI=1S/C9H9F5N2O/c10-5-1-4(15)2-6(11)8(5)16-3-7(17)9(12,13)14/h1-2,7,16-17H,3,15H2. The van der Waals surface area contributed by atoms with E-state index in [-0.39, 0.29) is 5.69 Å². The van der Waals surface area contributed by atoms with Crippen molar-refractivity contribution in [1.82, 2.24) is 0 Å². The van der Waals surface area contributed by atoms with Crippen molar-refractivity contribution in [1.29, 1.82) is 0 Å². The van der Waals surface area contributed by atoms with Crippen LogP contribution in [0.4, 0.5) is 33.3 Å². The number of aliphatic hydroxyl groups is 1.